The van der Waals surface area contributed by atoms with Crippen LogP contribution in [0.1, 0.15) is 12.5 Å². The van der Waals surface area contributed by atoms with Crippen molar-refractivity contribution in [3.8, 4) is 22.9 Å². The van der Waals surface area contributed by atoms with Gasteiger partial charge in [0.15, 0.2) is 11.5 Å². The molecule has 1 N–H and O–H groups in total. The third-order valence-corrected chi connectivity index (χ3v) is 4.72. The first-order chi connectivity index (χ1) is 15.1. The SMILES string of the molecule is CCOc1ccccc1-n1ccn(CC(=O)NCc2ccc3c(c2)OCO3)c(=O)c1=O. The molecule has 0 atom stereocenters. The van der Waals surface area contributed by atoms with Gasteiger partial charge < -0.3 is 19.5 Å². The number of benzene rings is 2. The smallest absolute Gasteiger partial charge is 0.321 e. The van der Waals surface area contributed by atoms with Gasteiger partial charge in [-0.2, -0.15) is 0 Å². The molecule has 0 saturated heterocycles. The van der Waals surface area contributed by atoms with Crippen molar-refractivity contribution >= 4 is 5.91 Å². The van der Waals surface area contributed by atoms with Crippen molar-refractivity contribution in [2.75, 3.05) is 13.4 Å². The predicted octanol–water partition coefficient (Wildman–Crippen LogP) is 1.44. The van der Waals surface area contributed by atoms with Crippen LogP contribution in [0.25, 0.3) is 5.69 Å². The first-order valence-corrected chi connectivity index (χ1v) is 9.76. The summed E-state index contributed by atoms with van der Waals surface area (Å²) in [5.41, 5.74) is -0.274. The molecule has 0 aliphatic carbocycles. The second-order valence-corrected chi connectivity index (χ2v) is 6.77. The van der Waals surface area contributed by atoms with E-state index in [-0.39, 0.29) is 19.9 Å². The van der Waals surface area contributed by atoms with Gasteiger partial charge >= 0.3 is 11.1 Å². The molecule has 0 bridgehead atoms. The number of aromatic nitrogens is 2. The predicted molar refractivity (Wildman–Crippen MR) is 112 cm³/mol. The lowest BCUT2D eigenvalue weighted by Crippen LogP contribution is -2.42. The number of amides is 1. The number of para-hydroxylation sites is 2. The lowest BCUT2D eigenvalue weighted by molar-refractivity contribution is -0.121. The van der Waals surface area contributed by atoms with Gasteiger partial charge in [-0.25, -0.2) is 0 Å². The van der Waals surface area contributed by atoms with Crippen LogP contribution in [0.15, 0.2) is 64.4 Å². The van der Waals surface area contributed by atoms with Gasteiger partial charge in [0.1, 0.15) is 12.3 Å². The zero-order valence-electron chi connectivity index (χ0n) is 16.9. The molecule has 9 nitrogen and oxygen atoms in total. The summed E-state index contributed by atoms with van der Waals surface area (Å²) in [5, 5.41) is 2.73. The van der Waals surface area contributed by atoms with Gasteiger partial charge in [-0.15, -0.1) is 0 Å². The molecule has 9 heteroatoms. The molecule has 0 radical (unpaired) electrons. The minimum absolute atomic E-state index is 0.175. The van der Waals surface area contributed by atoms with Gasteiger partial charge in [0.05, 0.1) is 12.3 Å². The Hall–Kier alpha value is -4.01. The van der Waals surface area contributed by atoms with Crippen LogP contribution in [0.4, 0.5) is 0 Å². The van der Waals surface area contributed by atoms with Gasteiger partial charge in [-0.1, -0.05) is 18.2 Å². The van der Waals surface area contributed by atoms with E-state index in [1.54, 1.807) is 36.4 Å². The van der Waals surface area contributed by atoms with Crippen molar-refractivity contribution in [3.63, 3.8) is 0 Å². The average Bonchev–Trinajstić information content (AvgIpc) is 3.24. The van der Waals surface area contributed by atoms with Gasteiger partial charge in [0.2, 0.25) is 12.7 Å². The number of fused-ring (bicyclic) bond motifs is 1. The summed E-state index contributed by atoms with van der Waals surface area (Å²) in [6.45, 7) is 2.41. The number of nitrogens with zero attached hydrogens (tertiary/aromatic N) is 2. The lowest BCUT2D eigenvalue weighted by Gasteiger charge is -2.13. The third-order valence-electron chi connectivity index (χ3n) is 4.72. The van der Waals surface area contributed by atoms with Gasteiger partial charge in [0, 0.05) is 18.9 Å². The molecule has 1 aliphatic rings. The third kappa shape index (κ3) is 4.30. The minimum Gasteiger partial charge on any atom is -0.492 e. The van der Waals surface area contributed by atoms with E-state index < -0.39 is 17.0 Å². The minimum atomic E-state index is -0.799. The maximum absolute atomic E-state index is 12.6. The molecule has 4 rings (SSSR count). The second kappa shape index (κ2) is 8.78. The van der Waals surface area contributed by atoms with Gasteiger partial charge in [-0.3, -0.25) is 23.5 Å². The highest BCUT2D eigenvalue weighted by atomic mass is 16.7. The number of hydrogen-bond donors (Lipinski definition) is 1. The van der Waals surface area contributed by atoms with E-state index in [0.717, 1.165) is 10.1 Å². The normalized spacial score (nSPS) is 11.9. The summed E-state index contributed by atoms with van der Waals surface area (Å²) in [6, 6.07) is 12.3. The van der Waals surface area contributed by atoms with E-state index >= 15 is 0 Å². The maximum Gasteiger partial charge on any atom is 0.321 e. The summed E-state index contributed by atoms with van der Waals surface area (Å²) in [7, 11) is 0. The van der Waals surface area contributed by atoms with Crippen molar-refractivity contribution < 1.29 is 19.0 Å². The Labute approximate surface area is 177 Å². The Balaban J connectivity index is 1.47. The number of carbonyl (C=O) groups excluding carboxylic acids is 1. The monoisotopic (exact) mass is 423 g/mol. The van der Waals surface area contributed by atoms with E-state index in [1.165, 1.54) is 17.0 Å². The van der Waals surface area contributed by atoms with Crippen molar-refractivity contribution in [3.05, 3.63) is 81.1 Å². The summed E-state index contributed by atoms with van der Waals surface area (Å²) in [4.78, 5) is 37.5. The van der Waals surface area contributed by atoms with Crippen LogP contribution in [0.3, 0.4) is 0 Å². The second-order valence-electron chi connectivity index (χ2n) is 6.77. The Kier molecular flexibility index (Phi) is 5.74. The summed E-state index contributed by atoms with van der Waals surface area (Å²) < 4.78 is 18.4. The fourth-order valence-electron chi connectivity index (χ4n) is 3.22. The first kappa shape index (κ1) is 20.3. The van der Waals surface area contributed by atoms with E-state index in [1.807, 2.05) is 13.0 Å². The molecule has 1 aliphatic heterocycles. The standard InChI is InChI=1S/C22H21N3O6/c1-2-29-17-6-4-3-5-16(17)25-10-9-24(21(27)22(25)28)13-20(26)23-12-15-7-8-18-19(11-15)31-14-30-18/h3-11H,2,12-14H2,1H3,(H,23,26). The van der Waals surface area contributed by atoms with Crippen molar-refractivity contribution in [2.45, 2.75) is 20.0 Å². The fourth-order valence-corrected chi connectivity index (χ4v) is 3.22. The lowest BCUT2D eigenvalue weighted by atomic mass is 10.2. The summed E-state index contributed by atoms with van der Waals surface area (Å²) in [5.74, 6) is 1.38. The molecule has 2 aromatic carbocycles. The van der Waals surface area contributed by atoms with E-state index in [9.17, 15) is 14.4 Å². The molecule has 0 fully saturated rings. The Morgan fingerprint density at radius 3 is 2.71 bits per heavy atom. The highest BCUT2D eigenvalue weighted by molar-refractivity contribution is 5.75. The highest BCUT2D eigenvalue weighted by Crippen LogP contribution is 2.32. The van der Waals surface area contributed by atoms with Crippen LogP contribution >= 0.6 is 0 Å². The van der Waals surface area contributed by atoms with Crippen LogP contribution in [0, 0.1) is 0 Å². The number of ether oxygens (including phenoxy) is 3. The number of carbonyl (C=O) groups is 1. The molecule has 0 saturated carbocycles. The maximum atomic E-state index is 12.6. The summed E-state index contributed by atoms with van der Waals surface area (Å²) in [6.07, 6.45) is 2.86. The highest BCUT2D eigenvalue weighted by Gasteiger charge is 2.15. The molecule has 0 spiro atoms. The van der Waals surface area contributed by atoms with Crippen molar-refractivity contribution in [1.82, 2.24) is 14.5 Å². The molecule has 2 heterocycles. The zero-order valence-corrected chi connectivity index (χ0v) is 16.9. The molecule has 3 aromatic rings. The Morgan fingerprint density at radius 2 is 1.87 bits per heavy atom. The zero-order chi connectivity index (χ0) is 21.8. The van der Waals surface area contributed by atoms with Crippen LogP contribution in [-0.2, 0) is 17.9 Å². The Morgan fingerprint density at radius 1 is 1.06 bits per heavy atom. The van der Waals surface area contributed by atoms with E-state index in [0.29, 0.717) is 29.5 Å². The van der Waals surface area contributed by atoms with Gasteiger partial charge in [0.25, 0.3) is 0 Å². The number of nitrogens with one attached hydrogen (secondary N) is 1. The van der Waals surface area contributed by atoms with E-state index in [2.05, 4.69) is 5.32 Å². The quantitative estimate of drug-likeness (QED) is 0.577. The molecule has 1 amide bonds. The van der Waals surface area contributed by atoms with Crippen molar-refractivity contribution in [2.24, 2.45) is 0 Å². The van der Waals surface area contributed by atoms with Crippen LogP contribution in [0.5, 0.6) is 17.2 Å². The summed E-state index contributed by atoms with van der Waals surface area (Å²) >= 11 is 0. The fraction of sp³-hybridized carbons (Fsp3) is 0.227. The molecule has 160 valence electrons. The van der Waals surface area contributed by atoms with E-state index in [4.69, 9.17) is 14.2 Å². The van der Waals surface area contributed by atoms with Crippen molar-refractivity contribution in [1.29, 1.82) is 0 Å². The molecule has 31 heavy (non-hydrogen) atoms. The van der Waals surface area contributed by atoms with Gasteiger partial charge in [-0.05, 0) is 36.8 Å². The first-order valence-electron chi connectivity index (χ1n) is 9.76. The number of rotatable bonds is 7. The Bertz CT molecular complexity index is 1230. The molecular weight excluding hydrogens is 402 g/mol. The van der Waals surface area contributed by atoms with Crippen LogP contribution < -0.4 is 30.6 Å². The molecule has 1 aromatic heterocycles. The largest absolute Gasteiger partial charge is 0.492 e. The average molecular weight is 423 g/mol. The number of hydrogen-bond acceptors (Lipinski definition) is 6. The molecule has 0 unspecified atom stereocenters. The topological polar surface area (TPSA) is 101 Å². The molecular formula is C22H21N3O6. The van der Waals surface area contributed by atoms with Crippen LogP contribution in [-0.4, -0.2) is 28.4 Å². The van der Waals surface area contributed by atoms with Crippen LogP contribution in [0.2, 0.25) is 0 Å².